The highest BCUT2D eigenvalue weighted by atomic mass is 32.1. The molecule has 0 fully saturated rings. The lowest BCUT2D eigenvalue weighted by molar-refractivity contribution is 0.0941. The van der Waals surface area contributed by atoms with Gasteiger partial charge in [0.15, 0.2) is 0 Å². The fourth-order valence-corrected chi connectivity index (χ4v) is 3.02. The first kappa shape index (κ1) is 13.6. The number of aromatic nitrogens is 1. The van der Waals surface area contributed by atoms with Crippen molar-refractivity contribution in [1.29, 1.82) is 0 Å². The van der Waals surface area contributed by atoms with Gasteiger partial charge in [-0.2, -0.15) is 11.3 Å². The molecule has 0 radical (unpaired) electrons. The van der Waals surface area contributed by atoms with Crippen molar-refractivity contribution in [3.8, 4) is 0 Å². The van der Waals surface area contributed by atoms with E-state index in [0.29, 0.717) is 11.4 Å². The fraction of sp³-hybridized carbons (Fsp3) is 0.125. The van der Waals surface area contributed by atoms with Crippen molar-refractivity contribution in [2.75, 3.05) is 5.73 Å². The molecule has 106 valence electrons. The standard InChI is InChI=1S/C16H15N3OS/c1-10(11-6-7-21-9-11)18-16(20)13-8-15(17)19-14-5-3-2-4-12(13)14/h2-10H,1H3,(H2,17,19)(H,18,20). The minimum absolute atomic E-state index is 0.0445. The molecule has 0 spiro atoms. The molecule has 0 bridgehead atoms. The quantitative estimate of drug-likeness (QED) is 0.779. The molecule has 3 N–H and O–H groups in total. The minimum atomic E-state index is -0.140. The molecule has 2 heterocycles. The van der Waals surface area contributed by atoms with Gasteiger partial charge in [-0.25, -0.2) is 4.98 Å². The Morgan fingerprint density at radius 2 is 2.14 bits per heavy atom. The third-order valence-corrected chi connectivity index (χ3v) is 4.07. The van der Waals surface area contributed by atoms with Crippen LogP contribution in [-0.2, 0) is 0 Å². The van der Waals surface area contributed by atoms with E-state index in [-0.39, 0.29) is 11.9 Å². The lowest BCUT2D eigenvalue weighted by Crippen LogP contribution is -2.26. The number of carbonyl (C=O) groups excluding carboxylic acids is 1. The van der Waals surface area contributed by atoms with Crippen LogP contribution in [0.1, 0.15) is 28.9 Å². The van der Waals surface area contributed by atoms with E-state index in [2.05, 4.69) is 10.3 Å². The van der Waals surface area contributed by atoms with Gasteiger partial charge in [-0.3, -0.25) is 4.79 Å². The van der Waals surface area contributed by atoms with Crippen molar-refractivity contribution < 1.29 is 4.79 Å². The number of rotatable bonds is 3. The fourth-order valence-electron chi connectivity index (χ4n) is 2.26. The molecule has 0 aliphatic carbocycles. The first-order valence-corrected chi connectivity index (χ1v) is 7.57. The summed E-state index contributed by atoms with van der Waals surface area (Å²) in [7, 11) is 0. The zero-order valence-electron chi connectivity index (χ0n) is 11.5. The predicted molar refractivity (Wildman–Crippen MR) is 86.4 cm³/mol. The summed E-state index contributed by atoms with van der Waals surface area (Å²) in [4.78, 5) is 16.8. The molecule has 4 nitrogen and oxygen atoms in total. The number of nitrogens with one attached hydrogen (secondary N) is 1. The van der Waals surface area contributed by atoms with Crippen LogP contribution >= 0.6 is 11.3 Å². The van der Waals surface area contributed by atoms with E-state index in [1.165, 1.54) is 0 Å². The highest BCUT2D eigenvalue weighted by Crippen LogP contribution is 2.21. The van der Waals surface area contributed by atoms with Crippen LogP contribution in [0.2, 0.25) is 0 Å². The molecule has 0 aliphatic rings. The molecule has 0 saturated carbocycles. The maximum atomic E-state index is 12.5. The number of anilines is 1. The van der Waals surface area contributed by atoms with E-state index in [9.17, 15) is 4.79 Å². The van der Waals surface area contributed by atoms with Crippen LogP contribution in [0.4, 0.5) is 5.82 Å². The third kappa shape index (κ3) is 2.73. The average molecular weight is 297 g/mol. The van der Waals surface area contributed by atoms with Crippen LogP contribution in [0.15, 0.2) is 47.2 Å². The van der Waals surface area contributed by atoms with E-state index in [1.54, 1.807) is 17.4 Å². The van der Waals surface area contributed by atoms with Crippen molar-refractivity contribution in [1.82, 2.24) is 10.3 Å². The van der Waals surface area contributed by atoms with Gasteiger partial charge >= 0.3 is 0 Å². The van der Waals surface area contributed by atoms with Gasteiger partial charge in [0.25, 0.3) is 5.91 Å². The number of thiophene rings is 1. The molecule has 1 unspecified atom stereocenters. The van der Waals surface area contributed by atoms with Crippen LogP contribution in [0, 0.1) is 0 Å². The Hall–Kier alpha value is -2.40. The normalized spacial score (nSPS) is 12.2. The van der Waals surface area contributed by atoms with Gasteiger partial charge in [-0.05, 0) is 41.4 Å². The summed E-state index contributed by atoms with van der Waals surface area (Å²) in [5, 5.41) is 7.84. The second-order valence-electron chi connectivity index (χ2n) is 4.86. The smallest absolute Gasteiger partial charge is 0.252 e. The Morgan fingerprint density at radius 1 is 1.33 bits per heavy atom. The molecule has 21 heavy (non-hydrogen) atoms. The summed E-state index contributed by atoms with van der Waals surface area (Å²) in [6.45, 7) is 1.96. The second kappa shape index (κ2) is 5.54. The number of nitrogens with two attached hydrogens (primary N) is 1. The van der Waals surface area contributed by atoms with Gasteiger partial charge in [0.1, 0.15) is 5.82 Å². The molecule has 0 saturated heterocycles. The van der Waals surface area contributed by atoms with Crippen molar-refractivity contribution in [3.05, 3.63) is 58.3 Å². The number of para-hydroxylation sites is 1. The summed E-state index contributed by atoms with van der Waals surface area (Å²) in [5.74, 6) is 0.209. The number of pyridine rings is 1. The van der Waals surface area contributed by atoms with Crippen LogP contribution in [0.5, 0.6) is 0 Å². The molecule has 2 aromatic heterocycles. The highest BCUT2D eigenvalue weighted by Gasteiger charge is 2.15. The molecule has 1 atom stereocenters. The van der Waals surface area contributed by atoms with E-state index in [1.807, 2.05) is 48.0 Å². The molecular weight excluding hydrogens is 282 g/mol. The highest BCUT2D eigenvalue weighted by molar-refractivity contribution is 7.07. The van der Waals surface area contributed by atoms with Crippen molar-refractivity contribution in [2.45, 2.75) is 13.0 Å². The zero-order chi connectivity index (χ0) is 14.8. The summed E-state index contributed by atoms with van der Waals surface area (Å²) in [6.07, 6.45) is 0. The number of hydrogen-bond donors (Lipinski definition) is 2. The monoisotopic (exact) mass is 297 g/mol. The van der Waals surface area contributed by atoms with Gasteiger partial charge in [0.2, 0.25) is 0 Å². The largest absolute Gasteiger partial charge is 0.384 e. The first-order valence-electron chi connectivity index (χ1n) is 6.63. The van der Waals surface area contributed by atoms with E-state index >= 15 is 0 Å². The first-order chi connectivity index (χ1) is 10.1. The zero-order valence-corrected chi connectivity index (χ0v) is 12.4. The molecule has 3 aromatic rings. The topological polar surface area (TPSA) is 68.0 Å². The lowest BCUT2D eigenvalue weighted by atomic mass is 10.1. The average Bonchev–Trinajstić information content (AvgIpc) is 3.00. The van der Waals surface area contributed by atoms with Gasteiger partial charge in [-0.1, -0.05) is 18.2 Å². The predicted octanol–water partition coefficient (Wildman–Crippen LogP) is 3.37. The molecule has 1 amide bonds. The van der Waals surface area contributed by atoms with Crippen molar-refractivity contribution in [3.63, 3.8) is 0 Å². The van der Waals surface area contributed by atoms with Gasteiger partial charge in [0, 0.05) is 5.39 Å². The van der Waals surface area contributed by atoms with Gasteiger partial charge in [-0.15, -0.1) is 0 Å². The Balaban J connectivity index is 1.94. The van der Waals surface area contributed by atoms with Crippen LogP contribution < -0.4 is 11.1 Å². The summed E-state index contributed by atoms with van der Waals surface area (Å²) < 4.78 is 0. The van der Waals surface area contributed by atoms with E-state index in [0.717, 1.165) is 16.5 Å². The van der Waals surface area contributed by atoms with Gasteiger partial charge < -0.3 is 11.1 Å². The van der Waals surface area contributed by atoms with Crippen molar-refractivity contribution in [2.24, 2.45) is 0 Å². The lowest BCUT2D eigenvalue weighted by Gasteiger charge is -2.14. The Labute approximate surface area is 126 Å². The number of carbonyl (C=O) groups is 1. The molecule has 1 aromatic carbocycles. The number of hydrogen-bond acceptors (Lipinski definition) is 4. The van der Waals surface area contributed by atoms with E-state index in [4.69, 9.17) is 5.73 Å². The number of fused-ring (bicyclic) bond motifs is 1. The Bertz CT molecular complexity index is 783. The molecule has 0 aliphatic heterocycles. The summed E-state index contributed by atoms with van der Waals surface area (Å²) >= 11 is 1.61. The minimum Gasteiger partial charge on any atom is -0.384 e. The van der Waals surface area contributed by atoms with Crippen LogP contribution in [0.25, 0.3) is 10.9 Å². The van der Waals surface area contributed by atoms with Crippen LogP contribution in [0.3, 0.4) is 0 Å². The Kier molecular flexibility index (Phi) is 3.58. The Morgan fingerprint density at radius 3 is 2.90 bits per heavy atom. The number of amides is 1. The SMILES string of the molecule is CC(NC(=O)c1cc(N)nc2ccccc12)c1ccsc1. The number of nitrogens with zero attached hydrogens (tertiary/aromatic N) is 1. The number of benzene rings is 1. The summed E-state index contributed by atoms with van der Waals surface area (Å²) in [6, 6.07) is 11.1. The maximum absolute atomic E-state index is 12.5. The number of nitrogen functional groups attached to an aromatic ring is 1. The van der Waals surface area contributed by atoms with E-state index < -0.39 is 0 Å². The maximum Gasteiger partial charge on any atom is 0.252 e. The van der Waals surface area contributed by atoms with Gasteiger partial charge in [0.05, 0.1) is 17.1 Å². The molecule has 3 rings (SSSR count). The third-order valence-electron chi connectivity index (χ3n) is 3.37. The van der Waals surface area contributed by atoms with Crippen LogP contribution in [-0.4, -0.2) is 10.9 Å². The second-order valence-corrected chi connectivity index (χ2v) is 5.64. The molecular formula is C16H15N3OS. The molecule has 5 heteroatoms. The summed E-state index contributed by atoms with van der Waals surface area (Å²) in [5.41, 5.74) is 8.18. The van der Waals surface area contributed by atoms with Crippen molar-refractivity contribution >= 4 is 34.0 Å².